The van der Waals surface area contributed by atoms with Crippen molar-refractivity contribution in [3.05, 3.63) is 41.7 Å². The van der Waals surface area contributed by atoms with Crippen molar-refractivity contribution < 1.29 is 4.39 Å². The number of aromatic amines is 1. The molecule has 0 unspecified atom stereocenters. The van der Waals surface area contributed by atoms with Gasteiger partial charge in [-0.2, -0.15) is 9.97 Å². The summed E-state index contributed by atoms with van der Waals surface area (Å²) < 4.78 is 13.0. The Labute approximate surface area is 119 Å². The van der Waals surface area contributed by atoms with E-state index in [1.807, 2.05) is 11.8 Å². The maximum Gasteiger partial charge on any atom is 0.226 e. The van der Waals surface area contributed by atoms with E-state index < -0.39 is 0 Å². The van der Waals surface area contributed by atoms with Gasteiger partial charge in [0, 0.05) is 12.2 Å². The van der Waals surface area contributed by atoms with Crippen LogP contribution in [0.15, 0.2) is 30.6 Å². The largest absolute Gasteiger partial charge is 0.340 e. The predicted octanol–water partition coefficient (Wildman–Crippen LogP) is 3.30. The standard InChI is InChI=1S/C13H11ClFN5/c1-2-20(9-5-3-8(15)4-6-9)12-10-11(17-7-16-10)18-13(14)19-12/h3-7H,2H2,1H3,(H,16,17,18,19). The molecule has 102 valence electrons. The van der Waals surface area contributed by atoms with Gasteiger partial charge in [0.1, 0.15) is 11.3 Å². The van der Waals surface area contributed by atoms with Gasteiger partial charge in [-0.1, -0.05) is 0 Å². The van der Waals surface area contributed by atoms with Crippen LogP contribution in [0.4, 0.5) is 15.9 Å². The van der Waals surface area contributed by atoms with Crippen molar-refractivity contribution in [2.75, 3.05) is 11.4 Å². The molecule has 0 aliphatic carbocycles. The van der Waals surface area contributed by atoms with Gasteiger partial charge in [0.15, 0.2) is 11.5 Å². The molecular formula is C13H11ClFN5. The number of H-pyrrole nitrogens is 1. The molecule has 0 bridgehead atoms. The van der Waals surface area contributed by atoms with Crippen LogP contribution in [0.25, 0.3) is 11.2 Å². The monoisotopic (exact) mass is 291 g/mol. The van der Waals surface area contributed by atoms with Crippen LogP contribution in [0.3, 0.4) is 0 Å². The Morgan fingerprint density at radius 1 is 1.25 bits per heavy atom. The molecule has 2 heterocycles. The summed E-state index contributed by atoms with van der Waals surface area (Å²) in [7, 11) is 0. The second kappa shape index (κ2) is 5.05. The zero-order valence-electron chi connectivity index (χ0n) is 10.6. The van der Waals surface area contributed by atoms with Gasteiger partial charge in [0.25, 0.3) is 0 Å². The molecule has 3 aromatic rings. The van der Waals surface area contributed by atoms with Gasteiger partial charge in [0.05, 0.1) is 6.33 Å². The maximum absolute atomic E-state index is 13.0. The summed E-state index contributed by atoms with van der Waals surface area (Å²) in [6.07, 6.45) is 1.54. The predicted molar refractivity (Wildman–Crippen MR) is 75.8 cm³/mol. The summed E-state index contributed by atoms with van der Waals surface area (Å²) in [5, 5.41) is 0.125. The zero-order valence-corrected chi connectivity index (χ0v) is 11.4. The van der Waals surface area contributed by atoms with E-state index in [2.05, 4.69) is 19.9 Å². The Kier molecular flexibility index (Phi) is 3.23. The van der Waals surface area contributed by atoms with E-state index in [9.17, 15) is 4.39 Å². The summed E-state index contributed by atoms with van der Waals surface area (Å²) in [5.74, 6) is 0.337. The van der Waals surface area contributed by atoms with Crippen molar-refractivity contribution in [1.29, 1.82) is 0 Å². The number of hydrogen-bond donors (Lipinski definition) is 1. The van der Waals surface area contributed by atoms with Crippen molar-refractivity contribution in [2.24, 2.45) is 0 Å². The summed E-state index contributed by atoms with van der Waals surface area (Å²) in [4.78, 5) is 17.3. The first-order valence-corrected chi connectivity index (χ1v) is 6.46. The fourth-order valence-electron chi connectivity index (χ4n) is 2.06. The van der Waals surface area contributed by atoms with Crippen molar-refractivity contribution in [3.8, 4) is 0 Å². The van der Waals surface area contributed by atoms with Crippen LogP contribution >= 0.6 is 11.6 Å². The lowest BCUT2D eigenvalue weighted by Crippen LogP contribution is -2.18. The third-order valence-corrected chi connectivity index (χ3v) is 3.12. The minimum atomic E-state index is -0.280. The molecule has 3 rings (SSSR count). The number of anilines is 2. The molecule has 1 aromatic carbocycles. The Bertz CT molecular complexity index is 740. The number of benzene rings is 1. The highest BCUT2D eigenvalue weighted by molar-refractivity contribution is 6.28. The fourth-order valence-corrected chi connectivity index (χ4v) is 2.22. The fraction of sp³-hybridized carbons (Fsp3) is 0.154. The number of nitrogens with zero attached hydrogens (tertiary/aromatic N) is 4. The van der Waals surface area contributed by atoms with Crippen LogP contribution in [0, 0.1) is 5.82 Å². The SMILES string of the molecule is CCN(c1ccc(F)cc1)c1nc(Cl)nc2nc[nH]c12. The van der Waals surface area contributed by atoms with Crippen molar-refractivity contribution in [3.63, 3.8) is 0 Å². The number of imidazole rings is 1. The maximum atomic E-state index is 13.0. The average Bonchev–Trinajstić information content (AvgIpc) is 2.89. The highest BCUT2D eigenvalue weighted by atomic mass is 35.5. The Hall–Kier alpha value is -2.21. The van der Waals surface area contributed by atoms with Gasteiger partial charge in [-0.15, -0.1) is 0 Å². The first-order chi connectivity index (χ1) is 9.69. The van der Waals surface area contributed by atoms with Crippen LogP contribution in [-0.2, 0) is 0 Å². The van der Waals surface area contributed by atoms with Gasteiger partial charge in [-0.25, -0.2) is 9.37 Å². The molecular weight excluding hydrogens is 281 g/mol. The van der Waals surface area contributed by atoms with E-state index in [-0.39, 0.29) is 11.1 Å². The van der Waals surface area contributed by atoms with Crippen molar-refractivity contribution in [2.45, 2.75) is 6.92 Å². The van der Waals surface area contributed by atoms with Gasteiger partial charge < -0.3 is 9.88 Å². The first-order valence-electron chi connectivity index (χ1n) is 6.08. The molecule has 0 atom stereocenters. The number of rotatable bonds is 3. The lowest BCUT2D eigenvalue weighted by Gasteiger charge is -2.22. The van der Waals surface area contributed by atoms with Gasteiger partial charge in [0.2, 0.25) is 5.28 Å². The van der Waals surface area contributed by atoms with Gasteiger partial charge in [-0.3, -0.25) is 0 Å². The highest BCUT2D eigenvalue weighted by Crippen LogP contribution is 2.29. The molecule has 0 saturated heterocycles. The molecule has 2 aromatic heterocycles. The van der Waals surface area contributed by atoms with E-state index in [0.717, 1.165) is 5.69 Å². The average molecular weight is 292 g/mol. The lowest BCUT2D eigenvalue weighted by atomic mass is 10.2. The Balaban J connectivity index is 2.16. The number of hydrogen-bond acceptors (Lipinski definition) is 4. The van der Waals surface area contributed by atoms with Crippen molar-refractivity contribution >= 4 is 34.3 Å². The minimum Gasteiger partial charge on any atom is -0.340 e. The number of nitrogens with one attached hydrogen (secondary N) is 1. The Morgan fingerprint density at radius 2 is 2.00 bits per heavy atom. The molecule has 0 radical (unpaired) electrons. The van der Waals surface area contributed by atoms with Gasteiger partial charge in [-0.05, 0) is 42.8 Å². The third-order valence-electron chi connectivity index (χ3n) is 2.95. The highest BCUT2D eigenvalue weighted by Gasteiger charge is 2.16. The van der Waals surface area contributed by atoms with Crippen molar-refractivity contribution in [1.82, 2.24) is 19.9 Å². The van der Waals surface area contributed by atoms with Crippen LogP contribution in [-0.4, -0.2) is 26.5 Å². The molecule has 1 N–H and O–H groups in total. The molecule has 0 aliphatic heterocycles. The van der Waals surface area contributed by atoms with Crippen LogP contribution in [0.1, 0.15) is 6.92 Å². The second-order valence-corrected chi connectivity index (χ2v) is 4.48. The second-order valence-electron chi connectivity index (χ2n) is 4.14. The van der Waals surface area contributed by atoms with E-state index in [1.165, 1.54) is 18.5 Å². The Morgan fingerprint density at radius 3 is 2.70 bits per heavy atom. The molecule has 0 aliphatic rings. The topological polar surface area (TPSA) is 57.7 Å². The molecule has 0 fully saturated rings. The van der Waals surface area contributed by atoms with Crippen LogP contribution < -0.4 is 4.90 Å². The smallest absolute Gasteiger partial charge is 0.226 e. The lowest BCUT2D eigenvalue weighted by molar-refractivity contribution is 0.628. The van der Waals surface area contributed by atoms with E-state index in [1.54, 1.807) is 12.1 Å². The first kappa shape index (κ1) is 12.8. The normalized spacial score (nSPS) is 10.9. The minimum absolute atomic E-state index is 0.125. The van der Waals surface area contributed by atoms with E-state index in [0.29, 0.717) is 23.5 Å². The summed E-state index contributed by atoms with van der Waals surface area (Å²) in [5.41, 5.74) is 2.01. The summed E-state index contributed by atoms with van der Waals surface area (Å²) >= 11 is 5.93. The summed E-state index contributed by atoms with van der Waals surface area (Å²) in [6, 6.07) is 6.20. The summed E-state index contributed by atoms with van der Waals surface area (Å²) in [6.45, 7) is 2.62. The molecule has 20 heavy (non-hydrogen) atoms. The van der Waals surface area contributed by atoms with Gasteiger partial charge >= 0.3 is 0 Å². The zero-order chi connectivity index (χ0) is 14.1. The molecule has 0 saturated carbocycles. The van der Waals surface area contributed by atoms with Crippen LogP contribution in [0.2, 0.25) is 5.28 Å². The molecule has 7 heteroatoms. The quantitative estimate of drug-likeness (QED) is 0.752. The molecule has 0 spiro atoms. The third kappa shape index (κ3) is 2.18. The van der Waals surface area contributed by atoms with E-state index in [4.69, 9.17) is 11.6 Å². The van der Waals surface area contributed by atoms with E-state index >= 15 is 0 Å². The number of fused-ring (bicyclic) bond motifs is 1. The molecule has 5 nitrogen and oxygen atoms in total. The molecule has 0 amide bonds. The number of halogens is 2. The number of aromatic nitrogens is 4. The van der Waals surface area contributed by atoms with Crippen LogP contribution in [0.5, 0.6) is 0 Å².